The van der Waals surface area contributed by atoms with Gasteiger partial charge in [0.05, 0.1) is 0 Å². The highest BCUT2D eigenvalue weighted by Gasteiger charge is 2.21. The smallest absolute Gasteiger partial charge is 0.224 e. The van der Waals surface area contributed by atoms with E-state index < -0.39 is 0 Å². The van der Waals surface area contributed by atoms with E-state index in [0.717, 1.165) is 64.1 Å². The summed E-state index contributed by atoms with van der Waals surface area (Å²) in [4.78, 5) is 25.5. The fraction of sp³-hybridized carbons (Fsp3) is 0.650. The van der Waals surface area contributed by atoms with Gasteiger partial charge in [-0.3, -0.25) is 9.79 Å². The van der Waals surface area contributed by atoms with Crippen LogP contribution in [0.15, 0.2) is 29.4 Å². The average molecular weight is 391 g/mol. The highest BCUT2D eigenvalue weighted by Crippen LogP contribution is 2.12. The van der Waals surface area contributed by atoms with Crippen molar-refractivity contribution in [2.45, 2.75) is 26.7 Å². The summed E-state index contributed by atoms with van der Waals surface area (Å²) in [7, 11) is 0. The molecule has 2 N–H and O–H groups in total. The second-order valence-corrected chi connectivity index (χ2v) is 6.54. The molecule has 1 aromatic rings. The van der Waals surface area contributed by atoms with Gasteiger partial charge in [-0.05, 0) is 32.4 Å². The molecule has 0 aromatic carbocycles. The van der Waals surface area contributed by atoms with Gasteiger partial charge < -0.3 is 25.2 Å². The van der Waals surface area contributed by atoms with E-state index in [1.165, 1.54) is 0 Å². The molecule has 0 bridgehead atoms. The molecule has 1 aromatic heterocycles. The zero-order valence-corrected chi connectivity index (χ0v) is 17.2. The van der Waals surface area contributed by atoms with Crippen molar-refractivity contribution >= 4 is 17.7 Å². The van der Waals surface area contributed by atoms with E-state index in [1.54, 1.807) is 6.20 Å². The minimum Gasteiger partial charge on any atom is -0.382 e. The third-order valence-corrected chi connectivity index (χ3v) is 4.50. The third kappa shape index (κ3) is 7.72. The van der Waals surface area contributed by atoms with Crippen molar-refractivity contribution < 1.29 is 9.53 Å². The van der Waals surface area contributed by atoms with Gasteiger partial charge in [0.25, 0.3) is 0 Å². The summed E-state index contributed by atoms with van der Waals surface area (Å²) in [5.74, 6) is 1.92. The fourth-order valence-electron chi connectivity index (χ4n) is 3.02. The van der Waals surface area contributed by atoms with Crippen LogP contribution >= 0.6 is 0 Å². The normalized spacial score (nSPS) is 14.9. The topological polar surface area (TPSA) is 82.1 Å². The monoisotopic (exact) mass is 390 g/mol. The van der Waals surface area contributed by atoms with Gasteiger partial charge in [-0.25, -0.2) is 4.98 Å². The zero-order valence-electron chi connectivity index (χ0n) is 17.2. The number of aliphatic imine (C=N–C) groups is 1. The van der Waals surface area contributed by atoms with Gasteiger partial charge in [0.1, 0.15) is 5.82 Å². The Hall–Kier alpha value is -2.35. The summed E-state index contributed by atoms with van der Waals surface area (Å²) < 4.78 is 5.32. The van der Waals surface area contributed by atoms with Gasteiger partial charge in [0, 0.05) is 71.6 Å². The number of ether oxygens (including phenoxy) is 1. The van der Waals surface area contributed by atoms with Crippen LogP contribution in [0.4, 0.5) is 5.82 Å². The number of aromatic nitrogens is 1. The minimum absolute atomic E-state index is 0.181. The number of carbonyl (C=O) groups excluding carboxylic acids is 1. The largest absolute Gasteiger partial charge is 0.382 e. The van der Waals surface area contributed by atoms with Crippen molar-refractivity contribution in [1.82, 2.24) is 20.5 Å². The van der Waals surface area contributed by atoms with E-state index in [-0.39, 0.29) is 5.91 Å². The molecule has 1 aliphatic heterocycles. The molecule has 1 amide bonds. The molecule has 0 atom stereocenters. The Balaban J connectivity index is 1.67. The molecule has 0 aliphatic carbocycles. The first kappa shape index (κ1) is 21.9. The van der Waals surface area contributed by atoms with Crippen molar-refractivity contribution in [3.8, 4) is 0 Å². The number of piperazine rings is 1. The number of pyridine rings is 1. The number of hydrogen-bond acceptors (Lipinski definition) is 5. The molecule has 0 spiro atoms. The number of nitrogens with zero attached hydrogens (tertiary/aromatic N) is 4. The van der Waals surface area contributed by atoms with E-state index in [2.05, 4.69) is 25.5 Å². The first-order valence-corrected chi connectivity index (χ1v) is 10.3. The first-order chi connectivity index (χ1) is 13.7. The molecule has 8 nitrogen and oxygen atoms in total. The SMILES string of the molecule is CCNC(=NCCCOCC)NCCC(=O)N1CCN(c2ccccn2)CC1. The maximum atomic E-state index is 12.5. The standard InChI is InChI=1S/C20H34N6O2/c1-3-21-20(23-11-7-17-28-4-2)24-12-9-19(27)26-15-13-25(14-16-26)18-8-5-6-10-22-18/h5-6,8,10H,3-4,7,9,11-17H2,1-2H3,(H2,21,23,24). The van der Waals surface area contributed by atoms with Crippen LogP contribution in [0.2, 0.25) is 0 Å². The quantitative estimate of drug-likeness (QED) is 0.354. The molecule has 0 saturated carbocycles. The molecule has 0 unspecified atom stereocenters. The van der Waals surface area contributed by atoms with Crippen molar-refractivity contribution in [3.05, 3.63) is 24.4 Å². The lowest BCUT2D eigenvalue weighted by Gasteiger charge is -2.35. The molecule has 156 valence electrons. The van der Waals surface area contributed by atoms with E-state index in [1.807, 2.05) is 36.9 Å². The summed E-state index contributed by atoms with van der Waals surface area (Å²) in [6.45, 7) is 10.7. The Morgan fingerprint density at radius 3 is 2.71 bits per heavy atom. The molecule has 8 heteroatoms. The van der Waals surface area contributed by atoms with E-state index >= 15 is 0 Å². The summed E-state index contributed by atoms with van der Waals surface area (Å²) in [6, 6.07) is 5.92. The van der Waals surface area contributed by atoms with Crippen LogP contribution < -0.4 is 15.5 Å². The highest BCUT2D eigenvalue weighted by atomic mass is 16.5. The van der Waals surface area contributed by atoms with Crippen LogP contribution in [0, 0.1) is 0 Å². The Morgan fingerprint density at radius 2 is 2.04 bits per heavy atom. The summed E-state index contributed by atoms with van der Waals surface area (Å²) >= 11 is 0. The molecular weight excluding hydrogens is 356 g/mol. The van der Waals surface area contributed by atoms with Crippen LogP contribution in [0.3, 0.4) is 0 Å². The van der Waals surface area contributed by atoms with Crippen LogP contribution in [0.1, 0.15) is 26.7 Å². The molecule has 0 radical (unpaired) electrons. The number of hydrogen-bond donors (Lipinski definition) is 2. The fourth-order valence-corrected chi connectivity index (χ4v) is 3.02. The summed E-state index contributed by atoms with van der Waals surface area (Å²) in [5.41, 5.74) is 0. The van der Waals surface area contributed by atoms with Gasteiger partial charge in [-0.1, -0.05) is 6.07 Å². The van der Waals surface area contributed by atoms with Crippen molar-refractivity contribution in [2.24, 2.45) is 4.99 Å². The van der Waals surface area contributed by atoms with Crippen LogP contribution in [0.25, 0.3) is 0 Å². The van der Waals surface area contributed by atoms with Crippen molar-refractivity contribution in [1.29, 1.82) is 0 Å². The van der Waals surface area contributed by atoms with Gasteiger partial charge in [-0.15, -0.1) is 0 Å². The van der Waals surface area contributed by atoms with Gasteiger partial charge >= 0.3 is 0 Å². The Bertz CT molecular complexity index is 588. The maximum absolute atomic E-state index is 12.5. The molecule has 1 aliphatic rings. The predicted molar refractivity (Wildman–Crippen MR) is 113 cm³/mol. The molecular formula is C20H34N6O2. The molecule has 2 heterocycles. The zero-order chi connectivity index (χ0) is 20.0. The number of amides is 1. The Morgan fingerprint density at radius 1 is 1.21 bits per heavy atom. The van der Waals surface area contributed by atoms with Crippen LogP contribution in [0.5, 0.6) is 0 Å². The van der Waals surface area contributed by atoms with E-state index in [9.17, 15) is 4.79 Å². The number of guanidine groups is 1. The first-order valence-electron chi connectivity index (χ1n) is 10.3. The van der Waals surface area contributed by atoms with Gasteiger partial charge in [-0.2, -0.15) is 0 Å². The third-order valence-electron chi connectivity index (χ3n) is 4.50. The number of anilines is 1. The lowest BCUT2D eigenvalue weighted by Crippen LogP contribution is -2.49. The second kappa shape index (κ2) is 12.9. The van der Waals surface area contributed by atoms with E-state index in [4.69, 9.17) is 4.74 Å². The molecule has 2 rings (SSSR count). The van der Waals surface area contributed by atoms with Crippen LogP contribution in [-0.2, 0) is 9.53 Å². The molecule has 1 saturated heterocycles. The molecule has 1 fully saturated rings. The number of carbonyl (C=O) groups is 1. The second-order valence-electron chi connectivity index (χ2n) is 6.54. The number of rotatable bonds is 10. The molecule has 28 heavy (non-hydrogen) atoms. The Kier molecular flexibility index (Phi) is 10.1. The van der Waals surface area contributed by atoms with Crippen molar-refractivity contribution in [2.75, 3.05) is 63.9 Å². The minimum atomic E-state index is 0.181. The average Bonchev–Trinajstić information content (AvgIpc) is 2.74. The lowest BCUT2D eigenvalue weighted by atomic mass is 10.2. The van der Waals surface area contributed by atoms with Crippen molar-refractivity contribution in [3.63, 3.8) is 0 Å². The van der Waals surface area contributed by atoms with Gasteiger partial charge in [0.2, 0.25) is 5.91 Å². The maximum Gasteiger partial charge on any atom is 0.224 e. The van der Waals surface area contributed by atoms with E-state index in [0.29, 0.717) is 19.5 Å². The summed E-state index contributed by atoms with van der Waals surface area (Å²) in [6.07, 6.45) is 3.16. The highest BCUT2D eigenvalue weighted by molar-refractivity contribution is 5.81. The van der Waals surface area contributed by atoms with Crippen LogP contribution in [-0.4, -0.2) is 80.8 Å². The summed E-state index contributed by atoms with van der Waals surface area (Å²) in [5, 5.41) is 6.46. The predicted octanol–water partition coefficient (Wildman–Crippen LogP) is 1.10. The number of nitrogens with one attached hydrogen (secondary N) is 2. The Labute approximate surface area is 168 Å². The van der Waals surface area contributed by atoms with Gasteiger partial charge in [0.15, 0.2) is 5.96 Å². The lowest BCUT2D eigenvalue weighted by molar-refractivity contribution is -0.131.